The highest BCUT2D eigenvalue weighted by atomic mass is 16.5. The van der Waals surface area contributed by atoms with Gasteiger partial charge < -0.3 is 14.4 Å². The molecule has 29 heavy (non-hydrogen) atoms. The lowest BCUT2D eigenvalue weighted by Gasteiger charge is -2.30. The number of ether oxygens (including phenoxy) is 2. The van der Waals surface area contributed by atoms with Crippen molar-refractivity contribution in [3.8, 4) is 11.5 Å². The van der Waals surface area contributed by atoms with Crippen molar-refractivity contribution >= 4 is 5.91 Å². The zero-order valence-corrected chi connectivity index (χ0v) is 16.5. The number of aromatic nitrogens is 1. The molecule has 2 heterocycles. The smallest absolute Gasteiger partial charge is 0.254 e. The Hall–Kier alpha value is -3.34. The van der Waals surface area contributed by atoms with E-state index in [4.69, 9.17) is 9.47 Å². The topological polar surface area (TPSA) is 51.7 Å². The molecule has 1 atom stereocenters. The highest BCUT2D eigenvalue weighted by Crippen LogP contribution is 2.32. The predicted octanol–water partition coefficient (Wildman–Crippen LogP) is 4.65. The molecule has 1 aromatic heterocycles. The predicted molar refractivity (Wildman–Crippen MR) is 111 cm³/mol. The van der Waals surface area contributed by atoms with Gasteiger partial charge in [-0.15, -0.1) is 0 Å². The third kappa shape index (κ3) is 4.40. The number of pyridine rings is 1. The van der Waals surface area contributed by atoms with E-state index < -0.39 is 0 Å². The number of fused-ring (bicyclic) bond motifs is 1. The molecule has 1 aliphatic heterocycles. The summed E-state index contributed by atoms with van der Waals surface area (Å²) in [5, 5.41) is 0. The van der Waals surface area contributed by atoms with Crippen LogP contribution in [0.25, 0.3) is 0 Å². The zero-order chi connectivity index (χ0) is 20.1. The number of nitrogens with zero attached hydrogens (tertiary/aromatic N) is 2. The van der Waals surface area contributed by atoms with E-state index in [1.54, 1.807) is 18.3 Å². The van der Waals surface area contributed by atoms with Crippen LogP contribution in [-0.2, 0) is 6.54 Å². The van der Waals surface area contributed by atoms with Crippen LogP contribution in [0.1, 0.15) is 41.0 Å². The molecule has 0 aliphatic carbocycles. The molecule has 5 heteroatoms. The zero-order valence-electron chi connectivity index (χ0n) is 16.5. The summed E-state index contributed by atoms with van der Waals surface area (Å²) in [5.74, 6) is 1.24. The molecule has 0 radical (unpaired) electrons. The van der Waals surface area contributed by atoms with E-state index in [-0.39, 0.29) is 11.9 Å². The maximum absolute atomic E-state index is 13.5. The van der Waals surface area contributed by atoms with E-state index in [9.17, 15) is 4.79 Å². The molecule has 0 spiro atoms. The van der Waals surface area contributed by atoms with Gasteiger partial charge in [-0.3, -0.25) is 9.78 Å². The van der Waals surface area contributed by atoms with Gasteiger partial charge in [0, 0.05) is 18.2 Å². The molecule has 2 aromatic carbocycles. The number of rotatable bonds is 5. The third-order valence-corrected chi connectivity index (χ3v) is 5.06. The highest BCUT2D eigenvalue weighted by molar-refractivity contribution is 5.95. The monoisotopic (exact) mass is 388 g/mol. The lowest BCUT2D eigenvalue weighted by atomic mass is 10.0. The van der Waals surface area contributed by atoms with Crippen molar-refractivity contribution in [2.45, 2.75) is 25.9 Å². The van der Waals surface area contributed by atoms with Crippen LogP contribution in [0.4, 0.5) is 0 Å². The maximum Gasteiger partial charge on any atom is 0.254 e. The van der Waals surface area contributed by atoms with Crippen molar-refractivity contribution in [3.63, 3.8) is 0 Å². The van der Waals surface area contributed by atoms with Crippen LogP contribution < -0.4 is 9.47 Å². The summed E-state index contributed by atoms with van der Waals surface area (Å²) in [6.45, 7) is 3.67. The number of amides is 1. The van der Waals surface area contributed by atoms with Gasteiger partial charge in [-0.1, -0.05) is 36.4 Å². The molecule has 1 amide bonds. The summed E-state index contributed by atoms with van der Waals surface area (Å²) < 4.78 is 11.5. The van der Waals surface area contributed by atoms with Gasteiger partial charge in [0.15, 0.2) is 11.5 Å². The molecule has 0 saturated heterocycles. The molecule has 0 N–H and O–H groups in total. The minimum absolute atomic E-state index is 0.0670. The fourth-order valence-corrected chi connectivity index (χ4v) is 3.42. The average Bonchev–Trinajstić information content (AvgIpc) is 3.03. The van der Waals surface area contributed by atoms with Gasteiger partial charge in [-0.05, 0) is 42.8 Å². The van der Waals surface area contributed by atoms with Crippen LogP contribution in [0.3, 0.4) is 0 Å². The van der Waals surface area contributed by atoms with Crippen molar-refractivity contribution in [1.29, 1.82) is 0 Å². The first-order valence-electron chi connectivity index (χ1n) is 9.88. The minimum Gasteiger partial charge on any atom is -0.490 e. The Balaban J connectivity index is 1.66. The lowest BCUT2D eigenvalue weighted by molar-refractivity contribution is 0.0671. The van der Waals surface area contributed by atoms with Crippen LogP contribution in [0.5, 0.6) is 11.5 Å². The summed E-state index contributed by atoms with van der Waals surface area (Å²) in [4.78, 5) is 19.8. The summed E-state index contributed by atoms with van der Waals surface area (Å²) >= 11 is 0. The fraction of sp³-hybridized carbons (Fsp3) is 0.250. The first-order valence-corrected chi connectivity index (χ1v) is 9.88. The van der Waals surface area contributed by atoms with Crippen LogP contribution >= 0.6 is 0 Å². The highest BCUT2D eigenvalue weighted by Gasteiger charge is 2.25. The molecular formula is C24H24N2O3. The Bertz CT molecular complexity index is 960. The van der Waals surface area contributed by atoms with Crippen LogP contribution in [-0.4, -0.2) is 29.0 Å². The average molecular weight is 388 g/mol. The largest absolute Gasteiger partial charge is 0.490 e. The Morgan fingerprint density at radius 3 is 2.52 bits per heavy atom. The Kier molecular flexibility index (Phi) is 5.75. The first kappa shape index (κ1) is 19.0. The summed E-state index contributed by atoms with van der Waals surface area (Å²) in [5.41, 5.74) is 2.50. The quantitative estimate of drug-likeness (QED) is 0.639. The van der Waals surface area contributed by atoms with E-state index >= 15 is 0 Å². The number of benzene rings is 2. The third-order valence-electron chi connectivity index (χ3n) is 5.06. The Morgan fingerprint density at radius 1 is 1.00 bits per heavy atom. The summed E-state index contributed by atoms with van der Waals surface area (Å²) in [6.07, 6.45) is 2.58. The molecular weight excluding hydrogens is 364 g/mol. The van der Waals surface area contributed by atoms with Crippen LogP contribution in [0.2, 0.25) is 0 Å². The normalized spacial score (nSPS) is 14.0. The standard InChI is InChI=1S/C24H24N2O3/c1-18(19-8-3-2-4-9-19)26(17-21-10-5-6-13-25-21)24(27)20-11-12-22-23(16-20)29-15-7-14-28-22/h2-6,8-13,16,18H,7,14-15,17H2,1H3/t18-/m1/s1. The second-order valence-corrected chi connectivity index (χ2v) is 7.05. The first-order chi connectivity index (χ1) is 14.2. The van der Waals surface area contributed by atoms with Gasteiger partial charge in [0.2, 0.25) is 0 Å². The number of hydrogen-bond acceptors (Lipinski definition) is 4. The molecule has 3 aromatic rings. The van der Waals surface area contributed by atoms with E-state index in [2.05, 4.69) is 4.98 Å². The van der Waals surface area contributed by atoms with Gasteiger partial charge in [-0.2, -0.15) is 0 Å². The van der Waals surface area contributed by atoms with Gasteiger partial charge in [-0.25, -0.2) is 0 Å². The van der Waals surface area contributed by atoms with Crippen LogP contribution in [0.15, 0.2) is 72.9 Å². The molecule has 0 bridgehead atoms. The molecule has 5 nitrogen and oxygen atoms in total. The molecule has 4 rings (SSSR count). The molecule has 1 aliphatic rings. The molecule has 0 unspecified atom stereocenters. The number of carbonyl (C=O) groups is 1. The minimum atomic E-state index is -0.110. The second-order valence-electron chi connectivity index (χ2n) is 7.05. The Labute approximate surface area is 170 Å². The van der Waals surface area contributed by atoms with Crippen molar-refractivity contribution in [3.05, 3.63) is 89.7 Å². The van der Waals surface area contributed by atoms with Gasteiger partial charge in [0.25, 0.3) is 5.91 Å². The van der Waals surface area contributed by atoms with E-state index in [1.807, 2.05) is 66.4 Å². The van der Waals surface area contributed by atoms with Crippen molar-refractivity contribution in [2.24, 2.45) is 0 Å². The van der Waals surface area contributed by atoms with E-state index in [0.717, 1.165) is 17.7 Å². The van der Waals surface area contributed by atoms with Crippen molar-refractivity contribution in [2.75, 3.05) is 13.2 Å². The van der Waals surface area contributed by atoms with E-state index in [1.165, 1.54) is 0 Å². The number of carbonyl (C=O) groups excluding carboxylic acids is 1. The maximum atomic E-state index is 13.5. The SMILES string of the molecule is C[C@H](c1ccccc1)N(Cc1ccccn1)C(=O)c1ccc2c(c1)OCCCO2. The van der Waals surface area contributed by atoms with E-state index in [0.29, 0.717) is 36.8 Å². The lowest BCUT2D eigenvalue weighted by Crippen LogP contribution is -2.33. The summed E-state index contributed by atoms with van der Waals surface area (Å²) in [7, 11) is 0. The second kappa shape index (κ2) is 8.78. The van der Waals surface area contributed by atoms with Crippen molar-refractivity contribution < 1.29 is 14.3 Å². The van der Waals surface area contributed by atoms with Gasteiger partial charge in [0.05, 0.1) is 31.5 Å². The fourth-order valence-electron chi connectivity index (χ4n) is 3.42. The van der Waals surface area contributed by atoms with Crippen LogP contribution in [0, 0.1) is 0 Å². The number of hydrogen-bond donors (Lipinski definition) is 0. The van der Waals surface area contributed by atoms with Gasteiger partial charge >= 0.3 is 0 Å². The molecule has 0 saturated carbocycles. The summed E-state index contributed by atoms with van der Waals surface area (Å²) in [6, 6.07) is 21.1. The van der Waals surface area contributed by atoms with Gasteiger partial charge in [0.1, 0.15) is 0 Å². The Morgan fingerprint density at radius 2 is 1.76 bits per heavy atom. The van der Waals surface area contributed by atoms with Crippen molar-refractivity contribution in [1.82, 2.24) is 9.88 Å². The molecule has 0 fully saturated rings. The molecule has 148 valence electrons.